The van der Waals surface area contributed by atoms with E-state index < -0.39 is 0 Å². The van der Waals surface area contributed by atoms with Crippen LogP contribution >= 0.6 is 15.9 Å². The third-order valence-corrected chi connectivity index (χ3v) is 3.55. The molecule has 0 aliphatic rings. The largest absolute Gasteiger partial charge is 0.497 e. The quantitative estimate of drug-likeness (QED) is 0.796. The van der Waals surface area contributed by atoms with Crippen LogP contribution in [0.25, 0.3) is 0 Å². The lowest BCUT2D eigenvalue weighted by Gasteiger charge is -2.20. The molecule has 0 fully saturated rings. The lowest BCUT2D eigenvalue weighted by molar-refractivity contribution is 0.413. The average Bonchev–Trinajstić information content (AvgIpc) is 2.29. The lowest BCUT2D eigenvalue weighted by atomic mass is 10.1. The second-order valence-corrected chi connectivity index (χ2v) is 6.45. The summed E-state index contributed by atoms with van der Waals surface area (Å²) < 4.78 is 6.42. The van der Waals surface area contributed by atoms with Gasteiger partial charge in [-0.25, -0.2) is 0 Å². The van der Waals surface area contributed by atoms with E-state index in [1.807, 2.05) is 6.07 Å². The molecular weight excluding hydrogens is 290 g/mol. The average molecular weight is 314 g/mol. The number of ether oxygens (including phenoxy) is 1. The molecule has 3 heteroatoms. The van der Waals surface area contributed by atoms with E-state index in [1.54, 1.807) is 7.11 Å². The van der Waals surface area contributed by atoms with Gasteiger partial charge in [0.2, 0.25) is 0 Å². The summed E-state index contributed by atoms with van der Waals surface area (Å²) in [7, 11) is 1.71. The molecule has 0 atom stereocenters. The molecule has 0 spiro atoms. The van der Waals surface area contributed by atoms with E-state index in [9.17, 15) is 0 Å². The van der Waals surface area contributed by atoms with Crippen molar-refractivity contribution in [2.45, 2.75) is 45.6 Å². The fourth-order valence-electron chi connectivity index (χ4n) is 1.77. The van der Waals surface area contributed by atoms with Crippen LogP contribution in [0.3, 0.4) is 0 Å². The molecule has 0 aromatic heterocycles. The van der Waals surface area contributed by atoms with Gasteiger partial charge in [-0.1, -0.05) is 15.9 Å². The van der Waals surface area contributed by atoms with Crippen molar-refractivity contribution in [3.63, 3.8) is 0 Å². The summed E-state index contributed by atoms with van der Waals surface area (Å²) in [5, 5.41) is 3.51. The van der Waals surface area contributed by atoms with Gasteiger partial charge >= 0.3 is 0 Å². The summed E-state index contributed by atoms with van der Waals surface area (Å²) >= 11 is 3.59. The Morgan fingerprint density at radius 1 is 1.22 bits per heavy atom. The number of halogens is 1. The topological polar surface area (TPSA) is 21.3 Å². The minimum absolute atomic E-state index is 0.219. The third-order valence-electron chi connectivity index (χ3n) is 2.78. The van der Waals surface area contributed by atoms with E-state index in [0.717, 1.165) is 18.7 Å². The van der Waals surface area contributed by atoms with Crippen LogP contribution in [0.1, 0.15) is 39.2 Å². The molecule has 0 unspecified atom stereocenters. The fraction of sp³-hybridized carbons (Fsp3) is 0.600. The number of unbranched alkanes of at least 4 members (excludes halogenated alkanes) is 1. The monoisotopic (exact) mass is 313 g/mol. The van der Waals surface area contributed by atoms with E-state index in [1.165, 1.54) is 22.9 Å². The minimum atomic E-state index is 0.219. The van der Waals surface area contributed by atoms with Crippen molar-refractivity contribution in [1.29, 1.82) is 0 Å². The van der Waals surface area contributed by atoms with Gasteiger partial charge in [0, 0.05) is 10.0 Å². The van der Waals surface area contributed by atoms with E-state index in [4.69, 9.17) is 4.74 Å². The van der Waals surface area contributed by atoms with E-state index in [0.29, 0.717) is 0 Å². The Morgan fingerprint density at radius 3 is 2.56 bits per heavy atom. The predicted octanol–water partition coefficient (Wildman–Crippen LogP) is 4.17. The summed E-state index contributed by atoms with van der Waals surface area (Å²) in [4.78, 5) is 0. The second-order valence-electron chi connectivity index (χ2n) is 5.59. The highest BCUT2D eigenvalue weighted by Crippen LogP contribution is 2.23. The Labute approximate surface area is 119 Å². The maximum atomic E-state index is 5.25. The molecule has 18 heavy (non-hydrogen) atoms. The Kier molecular flexibility index (Phi) is 6.16. The summed E-state index contributed by atoms with van der Waals surface area (Å²) in [6.07, 6.45) is 3.47. The van der Waals surface area contributed by atoms with Crippen LogP contribution in [-0.4, -0.2) is 19.2 Å². The van der Waals surface area contributed by atoms with Crippen molar-refractivity contribution in [3.8, 4) is 5.75 Å². The van der Waals surface area contributed by atoms with Crippen LogP contribution in [0.4, 0.5) is 0 Å². The number of benzene rings is 1. The molecule has 102 valence electrons. The molecule has 1 aromatic rings. The van der Waals surface area contributed by atoms with Gasteiger partial charge in [-0.05, 0) is 70.3 Å². The van der Waals surface area contributed by atoms with Gasteiger partial charge in [-0.15, -0.1) is 0 Å². The molecule has 1 aromatic carbocycles. The van der Waals surface area contributed by atoms with E-state index in [-0.39, 0.29) is 5.54 Å². The zero-order valence-electron chi connectivity index (χ0n) is 11.8. The number of hydrogen-bond donors (Lipinski definition) is 1. The van der Waals surface area contributed by atoms with Gasteiger partial charge in [-0.3, -0.25) is 0 Å². The van der Waals surface area contributed by atoms with Crippen LogP contribution in [0.5, 0.6) is 5.75 Å². The molecule has 0 saturated carbocycles. The molecule has 2 nitrogen and oxygen atoms in total. The van der Waals surface area contributed by atoms with Crippen molar-refractivity contribution >= 4 is 15.9 Å². The molecular formula is C15H24BrNO. The summed E-state index contributed by atoms with van der Waals surface area (Å²) in [5.41, 5.74) is 1.54. The summed E-state index contributed by atoms with van der Waals surface area (Å²) in [6, 6.07) is 6.15. The molecule has 0 aliphatic carbocycles. The zero-order chi connectivity index (χ0) is 13.6. The standard InChI is InChI=1S/C15H24BrNO/c1-15(2,3)17-10-6-5-7-12-11-13(18-4)8-9-14(12)16/h8-9,11,17H,5-7,10H2,1-4H3. The smallest absolute Gasteiger partial charge is 0.119 e. The fourth-order valence-corrected chi connectivity index (χ4v) is 2.22. The number of hydrogen-bond acceptors (Lipinski definition) is 2. The molecule has 1 N–H and O–H groups in total. The molecule has 0 saturated heterocycles. The number of nitrogens with one attached hydrogen (secondary N) is 1. The number of aryl methyl sites for hydroxylation is 1. The minimum Gasteiger partial charge on any atom is -0.497 e. The van der Waals surface area contributed by atoms with Crippen LogP contribution < -0.4 is 10.1 Å². The highest BCUT2D eigenvalue weighted by Gasteiger charge is 2.07. The van der Waals surface area contributed by atoms with Gasteiger partial charge in [-0.2, -0.15) is 0 Å². The molecule has 1 rings (SSSR count). The van der Waals surface area contributed by atoms with Crippen molar-refractivity contribution in [2.24, 2.45) is 0 Å². The highest BCUT2D eigenvalue weighted by molar-refractivity contribution is 9.10. The summed E-state index contributed by atoms with van der Waals surface area (Å²) in [5.74, 6) is 0.931. The molecule has 0 amide bonds. The predicted molar refractivity (Wildman–Crippen MR) is 81.4 cm³/mol. The van der Waals surface area contributed by atoms with Crippen LogP contribution in [0.15, 0.2) is 22.7 Å². The van der Waals surface area contributed by atoms with Crippen molar-refractivity contribution < 1.29 is 4.74 Å². The summed E-state index contributed by atoms with van der Waals surface area (Å²) in [6.45, 7) is 7.67. The van der Waals surface area contributed by atoms with Crippen molar-refractivity contribution in [2.75, 3.05) is 13.7 Å². The number of rotatable bonds is 6. The first-order valence-corrected chi connectivity index (χ1v) is 7.29. The Morgan fingerprint density at radius 2 is 1.94 bits per heavy atom. The Bertz CT molecular complexity index is 371. The van der Waals surface area contributed by atoms with Gasteiger partial charge in [0.25, 0.3) is 0 Å². The molecule has 0 bridgehead atoms. The van der Waals surface area contributed by atoms with Crippen molar-refractivity contribution in [3.05, 3.63) is 28.2 Å². The van der Waals surface area contributed by atoms with Gasteiger partial charge in [0.1, 0.15) is 5.75 Å². The third kappa shape index (κ3) is 5.87. The van der Waals surface area contributed by atoms with Gasteiger partial charge in [0.05, 0.1) is 7.11 Å². The molecule has 0 aliphatic heterocycles. The number of methoxy groups -OCH3 is 1. The normalized spacial score (nSPS) is 11.6. The SMILES string of the molecule is COc1ccc(Br)c(CCCCNC(C)(C)C)c1. The van der Waals surface area contributed by atoms with E-state index in [2.05, 4.69) is 54.2 Å². The maximum absolute atomic E-state index is 5.25. The first kappa shape index (κ1) is 15.5. The van der Waals surface area contributed by atoms with Crippen molar-refractivity contribution in [1.82, 2.24) is 5.32 Å². The van der Waals surface area contributed by atoms with E-state index >= 15 is 0 Å². The highest BCUT2D eigenvalue weighted by atomic mass is 79.9. The first-order chi connectivity index (χ1) is 8.42. The van der Waals surface area contributed by atoms with Crippen LogP contribution in [-0.2, 0) is 6.42 Å². The molecule has 0 radical (unpaired) electrons. The lowest BCUT2D eigenvalue weighted by Crippen LogP contribution is -2.36. The maximum Gasteiger partial charge on any atom is 0.119 e. The Hall–Kier alpha value is -0.540. The van der Waals surface area contributed by atoms with Crippen LogP contribution in [0, 0.1) is 0 Å². The van der Waals surface area contributed by atoms with Gasteiger partial charge in [0.15, 0.2) is 0 Å². The Balaban J connectivity index is 2.35. The molecule has 0 heterocycles. The zero-order valence-corrected chi connectivity index (χ0v) is 13.4. The first-order valence-electron chi connectivity index (χ1n) is 6.50. The van der Waals surface area contributed by atoms with Crippen LogP contribution in [0.2, 0.25) is 0 Å². The second kappa shape index (κ2) is 7.15. The van der Waals surface area contributed by atoms with Gasteiger partial charge < -0.3 is 10.1 Å².